The maximum absolute atomic E-state index is 12.4. The van der Waals surface area contributed by atoms with Crippen LogP contribution < -0.4 is 14.8 Å². The molecule has 0 aliphatic carbocycles. The van der Waals surface area contributed by atoms with E-state index < -0.39 is 11.8 Å². The zero-order valence-electron chi connectivity index (χ0n) is 15.0. The lowest BCUT2D eigenvalue weighted by molar-refractivity contribution is -0.123. The van der Waals surface area contributed by atoms with Crippen molar-refractivity contribution in [2.45, 2.75) is 6.92 Å². The molecule has 138 valence electrons. The number of allylic oxidation sites excluding steroid dienone is 1. The van der Waals surface area contributed by atoms with Gasteiger partial charge in [0, 0.05) is 12.4 Å². The van der Waals surface area contributed by atoms with E-state index in [-0.39, 0.29) is 5.57 Å². The Bertz CT molecular complexity index is 981. The Morgan fingerprint density at radius 2 is 1.81 bits per heavy atom. The number of halogens is 1. The molecule has 3 rings (SSSR count). The number of nitrogens with zero attached hydrogens (tertiary/aromatic N) is 1. The molecule has 1 aliphatic heterocycles. The summed E-state index contributed by atoms with van der Waals surface area (Å²) in [5.41, 5.74) is 2.59. The summed E-state index contributed by atoms with van der Waals surface area (Å²) in [7, 11) is 2.99. The van der Waals surface area contributed by atoms with E-state index in [1.807, 2.05) is 0 Å². The van der Waals surface area contributed by atoms with Crippen LogP contribution in [-0.4, -0.2) is 31.0 Å². The number of ether oxygens (including phenoxy) is 2. The van der Waals surface area contributed by atoms with E-state index in [9.17, 15) is 9.59 Å². The molecule has 1 aromatic carbocycles. The van der Waals surface area contributed by atoms with Crippen molar-refractivity contribution in [2.24, 2.45) is 0 Å². The lowest BCUT2D eigenvalue weighted by Gasteiger charge is -2.13. The first kappa shape index (κ1) is 18.7. The van der Waals surface area contributed by atoms with Crippen LogP contribution in [0, 0.1) is 0 Å². The summed E-state index contributed by atoms with van der Waals surface area (Å²) in [6, 6.07) is 6.89. The summed E-state index contributed by atoms with van der Waals surface area (Å²) >= 11 is 6.28. The van der Waals surface area contributed by atoms with Crippen molar-refractivity contribution >= 4 is 35.1 Å². The number of hydrogen-bond acceptors (Lipinski definition) is 5. The second-order valence-electron chi connectivity index (χ2n) is 5.82. The van der Waals surface area contributed by atoms with Crippen molar-refractivity contribution in [1.29, 1.82) is 0 Å². The summed E-state index contributed by atoms with van der Waals surface area (Å²) < 4.78 is 10.6. The Labute approximate surface area is 161 Å². The fourth-order valence-corrected chi connectivity index (χ4v) is 3.17. The maximum atomic E-state index is 12.4. The second kappa shape index (κ2) is 7.63. The molecule has 6 nitrogen and oxygen atoms in total. The minimum absolute atomic E-state index is 0.287. The molecule has 0 atom stereocenters. The lowest BCUT2D eigenvalue weighted by atomic mass is 9.95. The van der Waals surface area contributed by atoms with Gasteiger partial charge in [-0.15, -0.1) is 0 Å². The quantitative estimate of drug-likeness (QED) is 0.646. The average molecular weight is 385 g/mol. The fourth-order valence-electron chi connectivity index (χ4n) is 2.88. The van der Waals surface area contributed by atoms with Crippen molar-refractivity contribution in [3.63, 3.8) is 0 Å². The molecule has 0 bridgehead atoms. The van der Waals surface area contributed by atoms with Gasteiger partial charge in [0.25, 0.3) is 11.8 Å². The van der Waals surface area contributed by atoms with Gasteiger partial charge in [0.2, 0.25) is 0 Å². The molecule has 0 radical (unpaired) electrons. The topological polar surface area (TPSA) is 77.5 Å². The number of imide groups is 1. The van der Waals surface area contributed by atoms with Crippen LogP contribution in [0.3, 0.4) is 0 Å². The molecule has 1 aliphatic rings. The van der Waals surface area contributed by atoms with Gasteiger partial charge in [-0.1, -0.05) is 11.6 Å². The number of nitrogens with one attached hydrogen (secondary N) is 1. The molecular weight excluding hydrogens is 368 g/mol. The first-order valence-corrected chi connectivity index (χ1v) is 8.44. The number of carbonyl (C=O) groups is 2. The number of amides is 2. The third-order valence-corrected chi connectivity index (χ3v) is 4.51. The first-order valence-electron chi connectivity index (χ1n) is 8.06. The van der Waals surface area contributed by atoms with Gasteiger partial charge < -0.3 is 9.47 Å². The number of hydrogen-bond donors (Lipinski definition) is 1. The molecule has 0 spiro atoms. The normalized spacial score (nSPS) is 17.1. The van der Waals surface area contributed by atoms with E-state index in [0.29, 0.717) is 33.2 Å². The van der Waals surface area contributed by atoms with E-state index in [1.54, 1.807) is 49.7 Å². The standard InChI is InChI=1S/C20H17ClN2O4/c1-11(13-9-15(21)18(27-3)16(10-13)26-2)17-14(19(24)23-20(17)25)8-12-4-6-22-7-5-12/h4-10H,1-3H3,(H,23,24,25)/b14-8+,17-11-. The molecule has 2 amide bonds. The molecule has 1 aromatic heterocycles. The molecule has 1 fully saturated rings. The van der Waals surface area contributed by atoms with Gasteiger partial charge in [-0.25, -0.2) is 0 Å². The van der Waals surface area contributed by atoms with E-state index in [2.05, 4.69) is 10.3 Å². The SMILES string of the molecule is COc1cc(/C(C)=C2\C(=O)NC(=O)\C2=C\c2ccncc2)cc(Cl)c1OC. The van der Waals surface area contributed by atoms with Crippen LogP contribution in [0.2, 0.25) is 5.02 Å². The molecule has 2 heterocycles. The van der Waals surface area contributed by atoms with Gasteiger partial charge in [0.1, 0.15) is 0 Å². The molecule has 0 saturated carbocycles. The van der Waals surface area contributed by atoms with Crippen LogP contribution in [-0.2, 0) is 9.59 Å². The van der Waals surface area contributed by atoms with Crippen molar-refractivity contribution in [3.8, 4) is 11.5 Å². The molecule has 1 saturated heterocycles. The van der Waals surface area contributed by atoms with Gasteiger partial charge in [-0.2, -0.15) is 0 Å². The molecule has 27 heavy (non-hydrogen) atoms. The van der Waals surface area contributed by atoms with Crippen LogP contribution >= 0.6 is 11.6 Å². The number of methoxy groups -OCH3 is 2. The Hall–Kier alpha value is -3.12. The Morgan fingerprint density at radius 1 is 1.11 bits per heavy atom. The minimum Gasteiger partial charge on any atom is -0.493 e. The summed E-state index contributed by atoms with van der Waals surface area (Å²) in [5.74, 6) is -0.0639. The van der Waals surface area contributed by atoms with Crippen molar-refractivity contribution in [1.82, 2.24) is 10.3 Å². The second-order valence-corrected chi connectivity index (χ2v) is 6.22. The van der Waals surface area contributed by atoms with Crippen LogP contribution in [0.1, 0.15) is 18.1 Å². The highest BCUT2D eigenvalue weighted by Gasteiger charge is 2.32. The van der Waals surface area contributed by atoms with Crippen molar-refractivity contribution in [2.75, 3.05) is 14.2 Å². The summed E-state index contributed by atoms with van der Waals surface area (Å²) in [5, 5.41) is 2.69. The highest BCUT2D eigenvalue weighted by atomic mass is 35.5. The highest BCUT2D eigenvalue weighted by molar-refractivity contribution is 6.33. The third kappa shape index (κ3) is 3.57. The highest BCUT2D eigenvalue weighted by Crippen LogP contribution is 2.39. The van der Waals surface area contributed by atoms with Gasteiger partial charge in [-0.3, -0.25) is 19.9 Å². The molecule has 2 aromatic rings. The van der Waals surface area contributed by atoms with Crippen LogP contribution in [0.4, 0.5) is 0 Å². The van der Waals surface area contributed by atoms with Crippen LogP contribution in [0.15, 0.2) is 47.8 Å². The largest absolute Gasteiger partial charge is 0.493 e. The lowest BCUT2D eigenvalue weighted by Crippen LogP contribution is -2.20. The Balaban J connectivity index is 2.17. The molecule has 1 N–H and O–H groups in total. The smallest absolute Gasteiger partial charge is 0.259 e. The number of aromatic nitrogens is 1. The first-order chi connectivity index (χ1) is 13.0. The summed E-state index contributed by atoms with van der Waals surface area (Å²) in [6.45, 7) is 1.76. The van der Waals surface area contributed by atoms with Gasteiger partial charge >= 0.3 is 0 Å². The average Bonchev–Trinajstić information content (AvgIpc) is 2.94. The number of pyridine rings is 1. The van der Waals surface area contributed by atoms with Gasteiger partial charge in [0.15, 0.2) is 11.5 Å². The number of rotatable bonds is 4. The van der Waals surface area contributed by atoms with Crippen LogP contribution in [0.25, 0.3) is 11.6 Å². The molecule has 0 unspecified atom stereocenters. The number of benzene rings is 1. The Kier molecular flexibility index (Phi) is 5.28. The zero-order valence-corrected chi connectivity index (χ0v) is 15.8. The van der Waals surface area contributed by atoms with E-state index in [0.717, 1.165) is 5.56 Å². The summed E-state index contributed by atoms with van der Waals surface area (Å²) in [4.78, 5) is 28.7. The van der Waals surface area contributed by atoms with Gasteiger partial charge in [-0.05, 0) is 54.0 Å². The molecular formula is C20H17ClN2O4. The molecule has 7 heteroatoms. The third-order valence-electron chi connectivity index (χ3n) is 4.23. The van der Waals surface area contributed by atoms with E-state index in [4.69, 9.17) is 21.1 Å². The maximum Gasteiger partial charge on any atom is 0.259 e. The van der Waals surface area contributed by atoms with Crippen LogP contribution in [0.5, 0.6) is 11.5 Å². The number of carbonyl (C=O) groups excluding carboxylic acids is 2. The zero-order chi connectivity index (χ0) is 19.6. The van der Waals surface area contributed by atoms with Crippen molar-refractivity contribution in [3.05, 3.63) is 64.0 Å². The Morgan fingerprint density at radius 3 is 2.44 bits per heavy atom. The summed E-state index contributed by atoms with van der Waals surface area (Å²) in [6.07, 6.45) is 4.89. The van der Waals surface area contributed by atoms with E-state index >= 15 is 0 Å². The van der Waals surface area contributed by atoms with Gasteiger partial charge in [0.05, 0.1) is 30.4 Å². The predicted molar refractivity (Wildman–Crippen MR) is 103 cm³/mol. The monoisotopic (exact) mass is 384 g/mol. The minimum atomic E-state index is -0.455. The fraction of sp³-hybridized carbons (Fsp3) is 0.150. The van der Waals surface area contributed by atoms with Crippen molar-refractivity contribution < 1.29 is 19.1 Å². The predicted octanol–water partition coefficient (Wildman–Crippen LogP) is 3.27. The van der Waals surface area contributed by atoms with E-state index in [1.165, 1.54) is 14.2 Å².